The molecule has 2 aromatic rings. The summed E-state index contributed by atoms with van der Waals surface area (Å²) in [5.74, 6) is 1.24. The summed E-state index contributed by atoms with van der Waals surface area (Å²) in [7, 11) is 0. The first-order valence-corrected chi connectivity index (χ1v) is 10.6. The number of ether oxygens (including phenoxy) is 2. The van der Waals surface area contributed by atoms with E-state index in [9.17, 15) is 9.59 Å². The standard InChI is InChI=1S/C12H16ClN.C9H8N4O4/c1-2-14-8-9-6-10-4-3-5-12(13)11(10)7-9;14-6-4-17-8-7(12-6)11-5(3-10-8)13-1-2-16-9(13)15/h3-5,9,14H,2,6-8H2,1H3;3H,1-2,4H2,(H,11,12,14). The van der Waals surface area contributed by atoms with Gasteiger partial charge in [0.05, 0.1) is 12.7 Å². The molecule has 1 atom stereocenters. The summed E-state index contributed by atoms with van der Waals surface area (Å²) in [5, 5.41) is 6.87. The van der Waals surface area contributed by atoms with Gasteiger partial charge in [0.2, 0.25) is 0 Å². The number of nitrogens with zero attached hydrogens (tertiary/aromatic N) is 3. The Bertz CT molecular complexity index is 986. The van der Waals surface area contributed by atoms with Crippen LogP contribution in [0.25, 0.3) is 0 Å². The second kappa shape index (κ2) is 9.49. The summed E-state index contributed by atoms with van der Waals surface area (Å²) in [6, 6.07) is 6.25. The van der Waals surface area contributed by atoms with Gasteiger partial charge in [-0.05, 0) is 49.0 Å². The topological polar surface area (TPSA) is 106 Å². The molecule has 3 heterocycles. The highest BCUT2D eigenvalue weighted by molar-refractivity contribution is 6.31. The first kappa shape index (κ1) is 21.3. The monoisotopic (exact) mass is 445 g/mol. The molecule has 1 saturated heterocycles. The number of hydrogen-bond donors (Lipinski definition) is 2. The number of amides is 2. The SMILES string of the molecule is CCNCC1Cc2cccc(Cl)c2C1.O=C1COc2ncc(N3CCOC3=O)nc2N1. The lowest BCUT2D eigenvalue weighted by molar-refractivity contribution is -0.118. The van der Waals surface area contributed by atoms with E-state index in [1.807, 2.05) is 6.07 Å². The molecule has 2 aliphatic heterocycles. The van der Waals surface area contributed by atoms with Crippen LogP contribution in [0.2, 0.25) is 5.02 Å². The average molecular weight is 446 g/mol. The first-order valence-electron chi connectivity index (χ1n) is 10.3. The van der Waals surface area contributed by atoms with Gasteiger partial charge in [0.25, 0.3) is 11.8 Å². The predicted octanol–water partition coefficient (Wildman–Crippen LogP) is 2.43. The molecule has 2 amide bonds. The van der Waals surface area contributed by atoms with Gasteiger partial charge in [0.15, 0.2) is 18.2 Å². The molecule has 9 nitrogen and oxygen atoms in total. The molecule has 1 unspecified atom stereocenters. The van der Waals surface area contributed by atoms with Crippen molar-refractivity contribution in [3.63, 3.8) is 0 Å². The molecular formula is C21H24ClN5O4. The van der Waals surface area contributed by atoms with E-state index in [0.29, 0.717) is 19.0 Å². The van der Waals surface area contributed by atoms with E-state index in [-0.39, 0.29) is 24.2 Å². The molecule has 1 aromatic carbocycles. The van der Waals surface area contributed by atoms with E-state index >= 15 is 0 Å². The van der Waals surface area contributed by atoms with Crippen LogP contribution in [-0.4, -0.2) is 54.8 Å². The van der Waals surface area contributed by atoms with Gasteiger partial charge < -0.3 is 20.1 Å². The zero-order chi connectivity index (χ0) is 21.8. The summed E-state index contributed by atoms with van der Waals surface area (Å²) in [6.45, 7) is 4.98. The van der Waals surface area contributed by atoms with Crippen LogP contribution in [0.3, 0.4) is 0 Å². The van der Waals surface area contributed by atoms with Crippen molar-refractivity contribution >= 4 is 35.2 Å². The molecule has 2 N–H and O–H groups in total. The number of benzene rings is 1. The zero-order valence-corrected chi connectivity index (χ0v) is 17.9. The third-order valence-electron chi connectivity index (χ3n) is 5.26. The Labute approximate surface area is 185 Å². The van der Waals surface area contributed by atoms with Crippen molar-refractivity contribution in [3.05, 3.63) is 40.5 Å². The zero-order valence-electron chi connectivity index (χ0n) is 17.2. The summed E-state index contributed by atoms with van der Waals surface area (Å²) < 4.78 is 9.85. The Morgan fingerprint density at radius 3 is 2.90 bits per heavy atom. The third kappa shape index (κ3) is 4.88. The Hall–Kier alpha value is -2.91. The molecule has 3 aliphatic rings. The molecule has 1 fully saturated rings. The lowest BCUT2D eigenvalue weighted by Gasteiger charge is -2.18. The van der Waals surface area contributed by atoms with Crippen LogP contribution in [0.4, 0.5) is 16.4 Å². The fraction of sp³-hybridized carbons (Fsp3) is 0.429. The predicted molar refractivity (Wildman–Crippen MR) is 116 cm³/mol. The van der Waals surface area contributed by atoms with Crippen LogP contribution >= 0.6 is 11.6 Å². The van der Waals surface area contributed by atoms with Crippen LogP contribution in [0.5, 0.6) is 5.88 Å². The minimum atomic E-state index is -0.470. The van der Waals surface area contributed by atoms with E-state index in [1.54, 1.807) is 0 Å². The number of cyclic esters (lactones) is 1. The van der Waals surface area contributed by atoms with E-state index in [4.69, 9.17) is 21.1 Å². The van der Waals surface area contributed by atoms with Gasteiger partial charge in [-0.15, -0.1) is 0 Å². The number of carbonyl (C=O) groups excluding carboxylic acids is 2. The van der Waals surface area contributed by atoms with Crippen molar-refractivity contribution < 1.29 is 19.1 Å². The lowest BCUT2D eigenvalue weighted by Crippen LogP contribution is -2.29. The average Bonchev–Trinajstić information content (AvgIpc) is 3.39. The summed E-state index contributed by atoms with van der Waals surface area (Å²) in [6.07, 6.45) is 3.26. The van der Waals surface area contributed by atoms with Gasteiger partial charge in [0.1, 0.15) is 6.61 Å². The molecule has 31 heavy (non-hydrogen) atoms. The van der Waals surface area contributed by atoms with Gasteiger partial charge in [-0.1, -0.05) is 30.7 Å². The number of hydrogen-bond acceptors (Lipinski definition) is 7. The van der Waals surface area contributed by atoms with E-state index < -0.39 is 6.09 Å². The number of nitrogens with one attached hydrogen (secondary N) is 2. The number of carbonyl (C=O) groups is 2. The quantitative estimate of drug-likeness (QED) is 0.744. The van der Waals surface area contributed by atoms with Crippen LogP contribution < -0.4 is 20.3 Å². The summed E-state index contributed by atoms with van der Waals surface area (Å²) >= 11 is 6.15. The number of anilines is 2. The molecule has 0 spiro atoms. The van der Waals surface area contributed by atoms with Crippen LogP contribution in [0.1, 0.15) is 18.1 Å². The molecular weight excluding hydrogens is 422 g/mol. The fourth-order valence-corrected chi connectivity index (χ4v) is 4.05. The van der Waals surface area contributed by atoms with Crippen molar-refractivity contribution in [2.45, 2.75) is 19.8 Å². The van der Waals surface area contributed by atoms with Crippen molar-refractivity contribution in [1.82, 2.24) is 15.3 Å². The van der Waals surface area contributed by atoms with Gasteiger partial charge in [-0.25, -0.2) is 14.8 Å². The number of halogens is 1. The molecule has 0 radical (unpaired) electrons. The normalized spacial score (nSPS) is 18.9. The number of aromatic nitrogens is 2. The number of fused-ring (bicyclic) bond motifs is 2. The second-order valence-corrected chi connectivity index (χ2v) is 7.85. The second-order valence-electron chi connectivity index (χ2n) is 7.44. The van der Waals surface area contributed by atoms with E-state index in [0.717, 1.165) is 30.5 Å². The third-order valence-corrected chi connectivity index (χ3v) is 5.62. The fourth-order valence-electron chi connectivity index (χ4n) is 3.78. The van der Waals surface area contributed by atoms with E-state index in [1.165, 1.54) is 28.6 Å². The van der Waals surface area contributed by atoms with Gasteiger partial charge in [-0.3, -0.25) is 9.69 Å². The Kier molecular flexibility index (Phi) is 6.53. The Morgan fingerprint density at radius 2 is 2.16 bits per heavy atom. The maximum Gasteiger partial charge on any atom is 0.415 e. The molecule has 1 aliphatic carbocycles. The minimum absolute atomic E-state index is 0.0766. The molecule has 10 heteroatoms. The lowest BCUT2D eigenvalue weighted by atomic mass is 10.1. The van der Waals surface area contributed by atoms with Gasteiger partial charge in [-0.2, -0.15) is 0 Å². The maximum atomic E-state index is 11.3. The van der Waals surface area contributed by atoms with Gasteiger partial charge in [0, 0.05) is 5.02 Å². The smallest absolute Gasteiger partial charge is 0.415 e. The molecule has 0 bridgehead atoms. The Balaban J connectivity index is 0.000000152. The molecule has 164 valence electrons. The van der Waals surface area contributed by atoms with Crippen LogP contribution in [0, 0.1) is 5.92 Å². The van der Waals surface area contributed by atoms with Crippen molar-refractivity contribution in [2.24, 2.45) is 5.92 Å². The van der Waals surface area contributed by atoms with Crippen molar-refractivity contribution in [2.75, 3.05) is 43.1 Å². The highest BCUT2D eigenvalue weighted by Gasteiger charge is 2.27. The molecule has 5 rings (SSSR count). The minimum Gasteiger partial charge on any atom is -0.465 e. The highest BCUT2D eigenvalue weighted by atomic mass is 35.5. The Morgan fingerprint density at radius 1 is 1.29 bits per heavy atom. The summed E-state index contributed by atoms with van der Waals surface area (Å²) in [4.78, 5) is 31.9. The van der Waals surface area contributed by atoms with E-state index in [2.05, 4.69) is 39.7 Å². The van der Waals surface area contributed by atoms with Gasteiger partial charge >= 0.3 is 6.09 Å². The van der Waals surface area contributed by atoms with Crippen molar-refractivity contribution in [1.29, 1.82) is 0 Å². The summed E-state index contributed by atoms with van der Waals surface area (Å²) in [5.41, 5.74) is 2.82. The maximum absolute atomic E-state index is 11.3. The first-order chi connectivity index (χ1) is 15.0. The van der Waals surface area contributed by atoms with Crippen LogP contribution in [0.15, 0.2) is 24.4 Å². The molecule has 0 saturated carbocycles. The van der Waals surface area contributed by atoms with Crippen molar-refractivity contribution in [3.8, 4) is 5.88 Å². The number of rotatable bonds is 4. The van der Waals surface area contributed by atoms with Crippen LogP contribution in [-0.2, 0) is 22.4 Å². The largest absolute Gasteiger partial charge is 0.465 e. The molecule has 1 aromatic heterocycles. The highest BCUT2D eigenvalue weighted by Crippen LogP contribution is 2.31.